The normalized spacial score (nSPS) is 17.9. The van der Waals surface area contributed by atoms with Crippen LogP contribution in [-0.4, -0.2) is 32.3 Å². The molecule has 1 aliphatic heterocycles. The SMILES string of the molecule is Cc1noc(C)c1C(=O)N1CCn2nc(C3CC3)cc2C1. The van der Waals surface area contributed by atoms with E-state index < -0.39 is 0 Å². The summed E-state index contributed by atoms with van der Waals surface area (Å²) in [5.74, 6) is 1.25. The Labute approximate surface area is 122 Å². The van der Waals surface area contributed by atoms with E-state index in [1.165, 1.54) is 18.5 Å². The largest absolute Gasteiger partial charge is 0.361 e. The zero-order valence-electron chi connectivity index (χ0n) is 12.3. The predicted molar refractivity (Wildman–Crippen MR) is 74.9 cm³/mol. The highest BCUT2D eigenvalue weighted by Gasteiger charge is 2.31. The Hall–Kier alpha value is -2.11. The van der Waals surface area contributed by atoms with Crippen molar-refractivity contribution in [2.75, 3.05) is 6.54 Å². The molecule has 2 aliphatic rings. The molecule has 6 nitrogen and oxygen atoms in total. The summed E-state index contributed by atoms with van der Waals surface area (Å²) in [6.45, 7) is 5.65. The number of amides is 1. The molecule has 2 aromatic heterocycles. The fourth-order valence-corrected chi connectivity index (χ4v) is 2.99. The molecule has 4 rings (SSSR count). The molecular weight excluding hydrogens is 268 g/mol. The van der Waals surface area contributed by atoms with Crippen molar-refractivity contribution >= 4 is 5.91 Å². The minimum Gasteiger partial charge on any atom is -0.361 e. The first kappa shape index (κ1) is 12.6. The van der Waals surface area contributed by atoms with Crippen LogP contribution in [0.2, 0.25) is 0 Å². The standard InChI is InChI=1S/C15H18N4O2/c1-9-14(10(2)21-17-9)15(20)18-5-6-19-12(8-18)7-13(16-19)11-3-4-11/h7,11H,3-6,8H2,1-2H3. The van der Waals surface area contributed by atoms with E-state index in [1.54, 1.807) is 6.92 Å². The molecule has 3 heterocycles. The molecule has 110 valence electrons. The first-order valence-electron chi connectivity index (χ1n) is 7.42. The lowest BCUT2D eigenvalue weighted by Crippen LogP contribution is -2.38. The summed E-state index contributed by atoms with van der Waals surface area (Å²) >= 11 is 0. The Bertz CT molecular complexity index is 692. The molecule has 1 aliphatic carbocycles. The fourth-order valence-electron chi connectivity index (χ4n) is 2.99. The maximum atomic E-state index is 12.7. The highest BCUT2D eigenvalue weighted by Crippen LogP contribution is 2.39. The van der Waals surface area contributed by atoms with Gasteiger partial charge in [0.15, 0.2) is 0 Å². The number of hydrogen-bond donors (Lipinski definition) is 0. The van der Waals surface area contributed by atoms with E-state index in [2.05, 4.69) is 16.3 Å². The zero-order valence-corrected chi connectivity index (χ0v) is 12.3. The monoisotopic (exact) mass is 286 g/mol. The summed E-state index contributed by atoms with van der Waals surface area (Å²) in [4.78, 5) is 14.5. The Balaban J connectivity index is 1.58. The third-order valence-electron chi connectivity index (χ3n) is 4.35. The smallest absolute Gasteiger partial charge is 0.259 e. The molecule has 0 spiro atoms. The van der Waals surface area contributed by atoms with Crippen LogP contribution in [0.3, 0.4) is 0 Å². The van der Waals surface area contributed by atoms with E-state index in [9.17, 15) is 4.79 Å². The van der Waals surface area contributed by atoms with Gasteiger partial charge in [-0.3, -0.25) is 9.48 Å². The van der Waals surface area contributed by atoms with Crippen LogP contribution in [0.25, 0.3) is 0 Å². The molecule has 2 aromatic rings. The summed E-state index contributed by atoms with van der Waals surface area (Å²) in [7, 11) is 0. The van der Waals surface area contributed by atoms with Gasteiger partial charge in [0, 0.05) is 12.5 Å². The molecule has 0 bridgehead atoms. The Morgan fingerprint density at radius 2 is 2.14 bits per heavy atom. The van der Waals surface area contributed by atoms with Crippen LogP contribution in [0.1, 0.15) is 52.0 Å². The first-order valence-corrected chi connectivity index (χ1v) is 7.42. The topological polar surface area (TPSA) is 64.2 Å². The minimum absolute atomic E-state index is 0.00618. The van der Waals surface area contributed by atoms with Crippen molar-refractivity contribution in [1.82, 2.24) is 19.8 Å². The van der Waals surface area contributed by atoms with Crippen LogP contribution in [0, 0.1) is 13.8 Å². The molecule has 1 fully saturated rings. The quantitative estimate of drug-likeness (QED) is 0.847. The fraction of sp³-hybridized carbons (Fsp3) is 0.533. The van der Waals surface area contributed by atoms with Gasteiger partial charge < -0.3 is 9.42 Å². The predicted octanol–water partition coefficient (Wildman–Crippen LogP) is 2.02. The van der Waals surface area contributed by atoms with Gasteiger partial charge in [0.1, 0.15) is 11.3 Å². The summed E-state index contributed by atoms with van der Waals surface area (Å²) < 4.78 is 7.15. The van der Waals surface area contributed by atoms with Gasteiger partial charge in [0.25, 0.3) is 5.91 Å². The van der Waals surface area contributed by atoms with Crippen molar-refractivity contribution in [3.63, 3.8) is 0 Å². The third-order valence-corrected chi connectivity index (χ3v) is 4.35. The van der Waals surface area contributed by atoms with Crippen molar-refractivity contribution in [3.8, 4) is 0 Å². The molecule has 0 saturated heterocycles. The minimum atomic E-state index is 0.00618. The lowest BCUT2D eigenvalue weighted by atomic mass is 10.1. The molecule has 0 N–H and O–H groups in total. The molecule has 6 heteroatoms. The van der Waals surface area contributed by atoms with Gasteiger partial charge in [-0.25, -0.2) is 0 Å². The summed E-state index contributed by atoms with van der Waals surface area (Å²) in [6.07, 6.45) is 2.50. The highest BCUT2D eigenvalue weighted by molar-refractivity contribution is 5.96. The lowest BCUT2D eigenvalue weighted by Gasteiger charge is -2.27. The van der Waals surface area contributed by atoms with Crippen LogP contribution >= 0.6 is 0 Å². The Morgan fingerprint density at radius 1 is 1.33 bits per heavy atom. The maximum Gasteiger partial charge on any atom is 0.259 e. The number of aromatic nitrogens is 3. The molecule has 0 aromatic carbocycles. The Morgan fingerprint density at radius 3 is 2.81 bits per heavy atom. The highest BCUT2D eigenvalue weighted by atomic mass is 16.5. The molecule has 1 saturated carbocycles. The average Bonchev–Trinajstić information content (AvgIpc) is 3.15. The third kappa shape index (κ3) is 2.05. The van der Waals surface area contributed by atoms with Crippen molar-refractivity contribution in [3.05, 3.63) is 34.5 Å². The number of carbonyl (C=O) groups is 1. The van der Waals surface area contributed by atoms with Crippen molar-refractivity contribution in [2.45, 2.75) is 45.7 Å². The molecule has 0 atom stereocenters. The van der Waals surface area contributed by atoms with E-state index in [4.69, 9.17) is 4.52 Å². The summed E-state index contributed by atoms with van der Waals surface area (Å²) in [5.41, 5.74) is 3.58. The van der Waals surface area contributed by atoms with Gasteiger partial charge in [-0.1, -0.05) is 5.16 Å². The van der Waals surface area contributed by atoms with Crippen molar-refractivity contribution in [2.24, 2.45) is 0 Å². The molecular formula is C15H18N4O2. The second kappa shape index (κ2) is 4.44. The van der Waals surface area contributed by atoms with Gasteiger partial charge in [0.2, 0.25) is 0 Å². The number of nitrogens with zero attached hydrogens (tertiary/aromatic N) is 4. The van der Waals surface area contributed by atoms with Gasteiger partial charge >= 0.3 is 0 Å². The van der Waals surface area contributed by atoms with Crippen LogP contribution in [0.4, 0.5) is 0 Å². The van der Waals surface area contributed by atoms with Crippen molar-refractivity contribution in [1.29, 1.82) is 0 Å². The summed E-state index contributed by atoms with van der Waals surface area (Å²) in [5, 5.41) is 8.52. The van der Waals surface area contributed by atoms with E-state index in [0.717, 1.165) is 12.2 Å². The average molecular weight is 286 g/mol. The lowest BCUT2D eigenvalue weighted by molar-refractivity contribution is 0.0703. The molecule has 21 heavy (non-hydrogen) atoms. The second-order valence-electron chi connectivity index (χ2n) is 5.98. The van der Waals surface area contributed by atoms with Crippen molar-refractivity contribution < 1.29 is 9.32 Å². The number of hydrogen-bond acceptors (Lipinski definition) is 4. The number of carbonyl (C=O) groups excluding carboxylic acids is 1. The van der Waals surface area contributed by atoms with E-state index in [1.807, 2.05) is 16.5 Å². The van der Waals surface area contributed by atoms with Gasteiger partial charge in [-0.15, -0.1) is 0 Å². The van der Waals surface area contributed by atoms with Crippen LogP contribution < -0.4 is 0 Å². The van der Waals surface area contributed by atoms with E-state index in [0.29, 0.717) is 36.0 Å². The first-order chi connectivity index (χ1) is 10.1. The van der Waals surface area contributed by atoms with Crippen LogP contribution in [0.15, 0.2) is 10.6 Å². The van der Waals surface area contributed by atoms with E-state index in [-0.39, 0.29) is 5.91 Å². The van der Waals surface area contributed by atoms with Gasteiger partial charge in [-0.2, -0.15) is 5.10 Å². The number of fused-ring (bicyclic) bond motifs is 1. The second-order valence-corrected chi connectivity index (χ2v) is 5.98. The van der Waals surface area contributed by atoms with Crippen LogP contribution in [0.5, 0.6) is 0 Å². The maximum absolute atomic E-state index is 12.7. The molecule has 1 amide bonds. The number of aryl methyl sites for hydroxylation is 2. The summed E-state index contributed by atoms with van der Waals surface area (Å²) in [6, 6.07) is 2.16. The van der Waals surface area contributed by atoms with Gasteiger partial charge in [-0.05, 0) is 32.8 Å². The van der Waals surface area contributed by atoms with Gasteiger partial charge in [0.05, 0.1) is 30.2 Å². The van der Waals surface area contributed by atoms with Crippen LogP contribution in [-0.2, 0) is 13.1 Å². The molecule has 0 unspecified atom stereocenters. The Kier molecular flexibility index (Phi) is 2.67. The molecule has 0 radical (unpaired) electrons. The number of rotatable bonds is 2. The van der Waals surface area contributed by atoms with E-state index >= 15 is 0 Å². The zero-order chi connectivity index (χ0) is 14.6.